The van der Waals surface area contributed by atoms with Gasteiger partial charge in [0.1, 0.15) is 5.78 Å². The lowest BCUT2D eigenvalue weighted by molar-refractivity contribution is -0.128. The van der Waals surface area contributed by atoms with Crippen molar-refractivity contribution in [1.29, 1.82) is 0 Å². The van der Waals surface area contributed by atoms with Gasteiger partial charge in [-0.2, -0.15) is 5.10 Å². The third-order valence-electron chi connectivity index (χ3n) is 4.13. The van der Waals surface area contributed by atoms with Gasteiger partial charge in [0, 0.05) is 31.0 Å². The number of Topliss-reactive ketones (excluding diaryl/α,β-unsaturated/α-hetero) is 1. The number of hydrogen-bond acceptors (Lipinski definition) is 2. The van der Waals surface area contributed by atoms with Crippen molar-refractivity contribution in [2.45, 2.75) is 45.4 Å². The van der Waals surface area contributed by atoms with Crippen LogP contribution in [0.25, 0.3) is 0 Å². The van der Waals surface area contributed by atoms with Crippen LogP contribution in [0.3, 0.4) is 0 Å². The molecule has 0 amide bonds. The third kappa shape index (κ3) is 2.28. The van der Waals surface area contributed by atoms with Crippen LogP contribution < -0.4 is 0 Å². The van der Waals surface area contributed by atoms with Crippen molar-refractivity contribution in [2.75, 3.05) is 0 Å². The maximum atomic E-state index is 12.2. The van der Waals surface area contributed by atoms with Crippen molar-refractivity contribution in [3.63, 3.8) is 0 Å². The lowest BCUT2D eigenvalue weighted by Crippen LogP contribution is -2.38. The van der Waals surface area contributed by atoms with Crippen molar-refractivity contribution in [1.82, 2.24) is 9.78 Å². The number of aromatic nitrogens is 2. The van der Waals surface area contributed by atoms with Crippen LogP contribution >= 0.6 is 0 Å². The molecule has 1 heterocycles. The zero-order chi connectivity index (χ0) is 12.6. The van der Waals surface area contributed by atoms with E-state index in [9.17, 15) is 4.79 Å². The first-order valence-corrected chi connectivity index (χ1v) is 6.44. The number of rotatable bonds is 2. The van der Waals surface area contributed by atoms with E-state index in [0.29, 0.717) is 11.7 Å². The van der Waals surface area contributed by atoms with Crippen LogP contribution in [-0.4, -0.2) is 15.6 Å². The topological polar surface area (TPSA) is 34.9 Å². The summed E-state index contributed by atoms with van der Waals surface area (Å²) in [6, 6.07) is 2.03. The van der Waals surface area contributed by atoms with Crippen LogP contribution in [0.5, 0.6) is 0 Å². The zero-order valence-corrected chi connectivity index (χ0v) is 11.2. The highest BCUT2D eigenvalue weighted by Gasteiger charge is 2.40. The molecule has 0 radical (unpaired) electrons. The van der Waals surface area contributed by atoms with Gasteiger partial charge in [-0.25, -0.2) is 0 Å². The molecule has 0 aliphatic heterocycles. The Morgan fingerprint density at radius 2 is 2.12 bits per heavy atom. The number of nitrogens with zero attached hydrogens (tertiary/aromatic N) is 2. The van der Waals surface area contributed by atoms with E-state index in [0.717, 1.165) is 25.0 Å². The Bertz CT molecular complexity index is 420. The molecule has 3 nitrogen and oxygen atoms in total. The van der Waals surface area contributed by atoms with Gasteiger partial charge in [0.25, 0.3) is 0 Å². The largest absolute Gasteiger partial charge is 0.299 e. The van der Waals surface area contributed by atoms with Crippen molar-refractivity contribution >= 4 is 5.78 Å². The van der Waals surface area contributed by atoms with Crippen LogP contribution in [0.4, 0.5) is 0 Å². The minimum Gasteiger partial charge on any atom is -0.299 e. The molecule has 94 valence electrons. The molecule has 1 fully saturated rings. The van der Waals surface area contributed by atoms with E-state index >= 15 is 0 Å². The van der Waals surface area contributed by atoms with Crippen molar-refractivity contribution in [3.05, 3.63) is 18.0 Å². The normalized spacial score (nSPS) is 26.2. The van der Waals surface area contributed by atoms with Gasteiger partial charge in [0.2, 0.25) is 0 Å². The van der Waals surface area contributed by atoms with Gasteiger partial charge in [0.05, 0.1) is 5.69 Å². The van der Waals surface area contributed by atoms with E-state index in [1.165, 1.54) is 0 Å². The molecule has 0 saturated heterocycles. The maximum Gasteiger partial charge on any atom is 0.137 e. The molecular formula is C14H22N2O. The molecule has 17 heavy (non-hydrogen) atoms. The molecule has 0 spiro atoms. The van der Waals surface area contributed by atoms with Crippen LogP contribution in [0.2, 0.25) is 0 Å². The Kier molecular flexibility index (Phi) is 3.11. The average molecular weight is 234 g/mol. The molecule has 0 aromatic carbocycles. The summed E-state index contributed by atoms with van der Waals surface area (Å²) in [6.45, 7) is 6.46. The molecule has 3 heteroatoms. The fourth-order valence-electron chi connectivity index (χ4n) is 2.90. The van der Waals surface area contributed by atoms with Gasteiger partial charge >= 0.3 is 0 Å². The Hall–Kier alpha value is -1.12. The average Bonchev–Trinajstić information content (AvgIpc) is 2.64. The third-order valence-corrected chi connectivity index (χ3v) is 4.13. The van der Waals surface area contributed by atoms with E-state index in [1.54, 1.807) is 0 Å². The highest BCUT2D eigenvalue weighted by atomic mass is 16.1. The van der Waals surface area contributed by atoms with Crippen LogP contribution in [-0.2, 0) is 17.3 Å². The summed E-state index contributed by atoms with van der Waals surface area (Å²) in [4.78, 5) is 12.2. The fraction of sp³-hybridized carbons (Fsp3) is 0.714. The maximum absolute atomic E-state index is 12.2. The number of ketones is 1. The van der Waals surface area contributed by atoms with Gasteiger partial charge in [-0.05, 0) is 24.8 Å². The minimum atomic E-state index is -0.140. The Labute approximate surface area is 103 Å². The van der Waals surface area contributed by atoms with E-state index in [1.807, 2.05) is 24.0 Å². The van der Waals surface area contributed by atoms with Gasteiger partial charge in [-0.3, -0.25) is 9.48 Å². The molecule has 0 bridgehead atoms. The summed E-state index contributed by atoms with van der Waals surface area (Å²) in [5.41, 5.74) is 0.895. The molecule has 1 aromatic rings. The number of aryl methyl sites for hydroxylation is 1. The molecule has 2 rings (SSSR count). The minimum absolute atomic E-state index is 0.133. The fourth-order valence-corrected chi connectivity index (χ4v) is 2.90. The number of carbonyl (C=O) groups is 1. The van der Waals surface area contributed by atoms with Crippen LogP contribution in [0.1, 0.15) is 45.7 Å². The summed E-state index contributed by atoms with van der Waals surface area (Å²) in [5, 5.41) is 4.48. The quantitative estimate of drug-likeness (QED) is 0.788. The zero-order valence-electron chi connectivity index (χ0n) is 11.2. The lowest BCUT2D eigenvalue weighted by atomic mass is 9.67. The predicted molar refractivity (Wildman–Crippen MR) is 67.7 cm³/mol. The smallest absolute Gasteiger partial charge is 0.137 e. The Balaban J connectivity index is 2.23. The van der Waals surface area contributed by atoms with Crippen LogP contribution in [0, 0.1) is 11.8 Å². The van der Waals surface area contributed by atoms with E-state index in [2.05, 4.69) is 25.9 Å². The van der Waals surface area contributed by atoms with Crippen molar-refractivity contribution in [3.8, 4) is 0 Å². The van der Waals surface area contributed by atoms with E-state index in [4.69, 9.17) is 0 Å². The molecule has 1 aliphatic rings. The molecular weight excluding hydrogens is 212 g/mol. The summed E-state index contributed by atoms with van der Waals surface area (Å²) >= 11 is 0. The molecule has 2 unspecified atom stereocenters. The molecule has 2 atom stereocenters. The Morgan fingerprint density at radius 1 is 1.41 bits per heavy atom. The summed E-state index contributed by atoms with van der Waals surface area (Å²) in [6.07, 6.45) is 4.85. The highest BCUT2D eigenvalue weighted by molar-refractivity contribution is 5.83. The first-order valence-electron chi connectivity index (χ1n) is 6.44. The van der Waals surface area contributed by atoms with Gasteiger partial charge in [0.15, 0.2) is 0 Å². The first-order chi connectivity index (χ1) is 7.91. The van der Waals surface area contributed by atoms with Gasteiger partial charge in [-0.1, -0.05) is 20.8 Å². The first kappa shape index (κ1) is 12.3. The Morgan fingerprint density at radius 3 is 2.65 bits per heavy atom. The second-order valence-electron chi connectivity index (χ2n) is 6.00. The number of hydrogen-bond donors (Lipinski definition) is 0. The SMILES string of the molecule is CC1CCC(C(C)(C)c2ccn(C)n2)C(=O)C1. The lowest BCUT2D eigenvalue weighted by Gasteiger charge is -2.36. The molecule has 0 N–H and O–H groups in total. The standard InChI is InChI=1S/C14H22N2O/c1-10-5-6-11(12(17)9-10)14(2,3)13-7-8-16(4)15-13/h7-8,10-11H,5-6,9H2,1-4H3. The second-order valence-corrected chi connectivity index (χ2v) is 6.00. The van der Waals surface area contributed by atoms with Crippen molar-refractivity contribution in [2.24, 2.45) is 18.9 Å². The summed E-state index contributed by atoms with van der Waals surface area (Å²) in [7, 11) is 1.92. The second kappa shape index (κ2) is 4.28. The summed E-state index contributed by atoms with van der Waals surface area (Å²) in [5.74, 6) is 1.10. The predicted octanol–water partition coefficient (Wildman–Crippen LogP) is 2.70. The highest BCUT2D eigenvalue weighted by Crippen LogP contribution is 2.39. The van der Waals surface area contributed by atoms with Crippen LogP contribution in [0.15, 0.2) is 12.3 Å². The van der Waals surface area contributed by atoms with Gasteiger partial charge < -0.3 is 0 Å². The van der Waals surface area contributed by atoms with Crippen molar-refractivity contribution < 1.29 is 4.79 Å². The van der Waals surface area contributed by atoms with E-state index in [-0.39, 0.29) is 11.3 Å². The monoisotopic (exact) mass is 234 g/mol. The summed E-state index contributed by atoms with van der Waals surface area (Å²) < 4.78 is 1.81. The van der Waals surface area contributed by atoms with E-state index < -0.39 is 0 Å². The molecule has 1 aromatic heterocycles. The molecule has 1 saturated carbocycles. The molecule has 1 aliphatic carbocycles. The van der Waals surface area contributed by atoms with Gasteiger partial charge in [-0.15, -0.1) is 0 Å². The number of carbonyl (C=O) groups excluding carboxylic acids is 1.